The number of nitrogens with zero attached hydrogens (tertiary/aromatic N) is 2. The first-order valence-corrected chi connectivity index (χ1v) is 8.68. The zero-order chi connectivity index (χ0) is 16.1. The number of para-hydroxylation sites is 1. The van der Waals surface area contributed by atoms with E-state index in [2.05, 4.69) is 20.5 Å². The molecule has 1 amide bonds. The number of thioether (sulfide) groups is 1. The van der Waals surface area contributed by atoms with E-state index in [0.29, 0.717) is 23.4 Å². The van der Waals surface area contributed by atoms with Crippen LogP contribution in [0.25, 0.3) is 0 Å². The summed E-state index contributed by atoms with van der Waals surface area (Å²) in [6, 6.07) is 7.83. The molecule has 0 bridgehead atoms. The summed E-state index contributed by atoms with van der Waals surface area (Å²) >= 11 is 1.36. The Morgan fingerprint density at radius 1 is 1.43 bits per heavy atom. The molecule has 1 aromatic carbocycles. The van der Waals surface area contributed by atoms with Gasteiger partial charge < -0.3 is 10.1 Å². The summed E-state index contributed by atoms with van der Waals surface area (Å²) in [4.78, 5) is 16.3. The van der Waals surface area contributed by atoms with Crippen LogP contribution in [-0.4, -0.2) is 40.5 Å². The van der Waals surface area contributed by atoms with Gasteiger partial charge in [0.2, 0.25) is 11.1 Å². The number of benzene rings is 1. The summed E-state index contributed by atoms with van der Waals surface area (Å²) in [7, 11) is 1.65. The van der Waals surface area contributed by atoms with Crippen LogP contribution in [0, 0.1) is 0 Å². The minimum atomic E-state index is -0.0114. The van der Waals surface area contributed by atoms with Crippen molar-refractivity contribution in [3.8, 4) is 5.75 Å². The molecule has 23 heavy (non-hydrogen) atoms. The first kappa shape index (κ1) is 15.9. The molecular formula is C16H20N4O2S. The van der Waals surface area contributed by atoms with E-state index < -0.39 is 0 Å². The van der Waals surface area contributed by atoms with E-state index in [4.69, 9.17) is 4.74 Å². The van der Waals surface area contributed by atoms with Gasteiger partial charge in [-0.3, -0.25) is 9.89 Å². The van der Waals surface area contributed by atoms with Crippen molar-refractivity contribution in [2.45, 2.75) is 30.3 Å². The van der Waals surface area contributed by atoms with Gasteiger partial charge in [-0.2, -0.15) is 0 Å². The van der Waals surface area contributed by atoms with Crippen LogP contribution in [0.3, 0.4) is 0 Å². The summed E-state index contributed by atoms with van der Waals surface area (Å²) < 4.78 is 5.30. The average molecular weight is 332 g/mol. The number of H-pyrrole nitrogens is 1. The van der Waals surface area contributed by atoms with Crippen LogP contribution in [0.4, 0.5) is 0 Å². The molecule has 122 valence electrons. The molecular weight excluding hydrogens is 312 g/mol. The zero-order valence-corrected chi connectivity index (χ0v) is 13.9. The van der Waals surface area contributed by atoms with Gasteiger partial charge in [-0.05, 0) is 30.9 Å². The number of methoxy groups -OCH3 is 1. The van der Waals surface area contributed by atoms with E-state index in [9.17, 15) is 4.79 Å². The second-order valence-electron chi connectivity index (χ2n) is 5.48. The van der Waals surface area contributed by atoms with Gasteiger partial charge in [0, 0.05) is 12.5 Å². The minimum absolute atomic E-state index is 0.0114. The van der Waals surface area contributed by atoms with Crippen LogP contribution in [0.15, 0.2) is 29.4 Å². The van der Waals surface area contributed by atoms with Crippen molar-refractivity contribution >= 4 is 17.7 Å². The molecule has 6 nitrogen and oxygen atoms in total. The average Bonchev–Trinajstić information content (AvgIpc) is 3.32. The molecule has 1 fully saturated rings. The fraction of sp³-hybridized carbons (Fsp3) is 0.438. The number of aromatic nitrogens is 3. The number of nitrogens with one attached hydrogen (secondary N) is 2. The van der Waals surface area contributed by atoms with Crippen LogP contribution in [0.5, 0.6) is 5.75 Å². The molecule has 0 spiro atoms. The Morgan fingerprint density at radius 3 is 3.04 bits per heavy atom. The van der Waals surface area contributed by atoms with Gasteiger partial charge in [-0.15, -0.1) is 5.10 Å². The summed E-state index contributed by atoms with van der Waals surface area (Å²) in [6.45, 7) is 0.584. The predicted octanol–water partition coefficient (Wildman–Crippen LogP) is 2.14. The number of ether oxygens (including phenoxy) is 1. The highest BCUT2D eigenvalue weighted by Crippen LogP contribution is 2.38. The molecule has 2 N–H and O–H groups in total. The molecule has 0 saturated heterocycles. The SMILES string of the molecule is COc1ccccc1CCNC(=O)CSc1n[nH]c(C2CC2)n1. The van der Waals surface area contributed by atoms with E-state index in [0.717, 1.165) is 23.6 Å². The molecule has 1 saturated carbocycles. The molecule has 2 aromatic rings. The summed E-state index contributed by atoms with van der Waals surface area (Å²) in [6.07, 6.45) is 3.11. The second kappa shape index (κ2) is 7.50. The van der Waals surface area contributed by atoms with Crippen molar-refractivity contribution in [3.63, 3.8) is 0 Å². The Morgan fingerprint density at radius 2 is 2.26 bits per heavy atom. The maximum absolute atomic E-state index is 11.9. The van der Waals surface area contributed by atoms with Crippen molar-refractivity contribution in [2.24, 2.45) is 0 Å². The quantitative estimate of drug-likeness (QED) is 0.724. The van der Waals surface area contributed by atoms with Crippen LogP contribution in [0.2, 0.25) is 0 Å². The van der Waals surface area contributed by atoms with E-state index >= 15 is 0 Å². The zero-order valence-electron chi connectivity index (χ0n) is 13.0. The molecule has 1 aliphatic rings. The second-order valence-corrected chi connectivity index (χ2v) is 6.42. The normalized spacial score (nSPS) is 13.8. The van der Waals surface area contributed by atoms with Crippen LogP contribution in [0.1, 0.15) is 30.1 Å². The summed E-state index contributed by atoms with van der Waals surface area (Å²) in [5.74, 6) is 2.66. The van der Waals surface area contributed by atoms with Crippen molar-refractivity contribution in [1.29, 1.82) is 0 Å². The van der Waals surface area contributed by atoms with Gasteiger partial charge in [0.25, 0.3) is 0 Å². The van der Waals surface area contributed by atoms with Crippen LogP contribution < -0.4 is 10.1 Å². The summed E-state index contributed by atoms with van der Waals surface area (Å²) in [5, 5.41) is 10.6. The first-order valence-electron chi connectivity index (χ1n) is 7.70. The van der Waals surface area contributed by atoms with Crippen molar-refractivity contribution in [3.05, 3.63) is 35.7 Å². The maximum atomic E-state index is 11.9. The molecule has 1 aliphatic carbocycles. The lowest BCUT2D eigenvalue weighted by atomic mass is 10.1. The van der Waals surface area contributed by atoms with Crippen LogP contribution in [-0.2, 0) is 11.2 Å². The maximum Gasteiger partial charge on any atom is 0.230 e. The van der Waals surface area contributed by atoms with Crippen molar-refractivity contribution in [2.75, 3.05) is 19.4 Å². The Balaban J connectivity index is 1.39. The Labute approximate surface area is 139 Å². The monoisotopic (exact) mass is 332 g/mol. The number of hydrogen-bond acceptors (Lipinski definition) is 5. The fourth-order valence-corrected chi connectivity index (χ4v) is 2.92. The largest absolute Gasteiger partial charge is 0.496 e. The van der Waals surface area contributed by atoms with Gasteiger partial charge in [-0.25, -0.2) is 4.98 Å². The van der Waals surface area contributed by atoms with Crippen LogP contribution >= 0.6 is 11.8 Å². The molecule has 1 heterocycles. The van der Waals surface area contributed by atoms with Crippen molar-refractivity contribution in [1.82, 2.24) is 20.5 Å². The third-order valence-electron chi connectivity index (χ3n) is 3.69. The summed E-state index contributed by atoms with van der Waals surface area (Å²) in [5.41, 5.74) is 1.09. The molecule has 0 radical (unpaired) electrons. The Hall–Kier alpha value is -2.02. The molecule has 0 atom stereocenters. The van der Waals surface area contributed by atoms with E-state index in [1.807, 2.05) is 24.3 Å². The first-order chi connectivity index (χ1) is 11.3. The molecule has 7 heteroatoms. The number of aromatic amines is 1. The lowest BCUT2D eigenvalue weighted by Crippen LogP contribution is -2.27. The number of hydrogen-bond donors (Lipinski definition) is 2. The van der Waals surface area contributed by atoms with Gasteiger partial charge >= 0.3 is 0 Å². The van der Waals surface area contributed by atoms with Gasteiger partial charge in [0.15, 0.2) is 0 Å². The highest BCUT2D eigenvalue weighted by atomic mass is 32.2. The number of amides is 1. The smallest absolute Gasteiger partial charge is 0.230 e. The van der Waals surface area contributed by atoms with E-state index in [-0.39, 0.29) is 5.91 Å². The fourth-order valence-electron chi connectivity index (χ4n) is 2.29. The molecule has 3 rings (SSSR count). The Bertz CT molecular complexity index is 670. The highest BCUT2D eigenvalue weighted by Gasteiger charge is 2.27. The predicted molar refractivity (Wildman–Crippen MR) is 88.8 cm³/mol. The van der Waals surface area contributed by atoms with Gasteiger partial charge in [0.1, 0.15) is 11.6 Å². The third-order valence-corrected chi connectivity index (χ3v) is 4.53. The highest BCUT2D eigenvalue weighted by molar-refractivity contribution is 7.99. The van der Waals surface area contributed by atoms with Gasteiger partial charge in [0.05, 0.1) is 12.9 Å². The third kappa shape index (κ3) is 4.48. The molecule has 0 unspecified atom stereocenters. The van der Waals surface area contributed by atoms with Gasteiger partial charge in [-0.1, -0.05) is 30.0 Å². The van der Waals surface area contributed by atoms with E-state index in [1.54, 1.807) is 7.11 Å². The number of rotatable bonds is 8. The topological polar surface area (TPSA) is 79.9 Å². The minimum Gasteiger partial charge on any atom is -0.496 e. The number of carbonyl (C=O) groups is 1. The number of carbonyl (C=O) groups excluding carboxylic acids is 1. The lowest BCUT2D eigenvalue weighted by Gasteiger charge is -2.08. The van der Waals surface area contributed by atoms with Crippen molar-refractivity contribution < 1.29 is 9.53 Å². The Kier molecular flexibility index (Phi) is 5.17. The lowest BCUT2D eigenvalue weighted by molar-refractivity contribution is -0.118. The van der Waals surface area contributed by atoms with E-state index in [1.165, 1.54) is 24.6 Å². The molecule has 0 aliphatic heterocycles. The molecule has 1 aromatic heterocycles. The standard InChI is InChI=1S/C16H20N4O2S/c1-22-13-5-3-2-4-11(13)8-9-17-14(21)10-23-16-18-15(19-20-16)12-6-7-12/h2-5,12H,6-10H2,1H3,(H,17,21)(H,18,19,20).